The summed E-state index contributed by atoms with van der Waals surface area (Å²) in [5.74, 6) is -0.660. The SMILES string of the molecule is CCOC(=O)c1cc2c(oc1=O)c(C)c1ccccn12. The highest BCUT2D eigenvalue weighted by atomic mass is 16.5. The van der Waals surface area contributed by atoms with E-state index < -0.39 is 11.6 Å². The second kappa shape index (κ2) is 4.52. The first-order chi connectivity index (χ1) is 9.63. The van der Waals surface area contributed by atoms with Gasteiger partial charge in [0.1, 0.15) is 5.56 Å². The van der Waals surface area contributed by atoms with Crippen LogP contribution in [0, 0.1) is 6.92 Å². The Labute approximate surface area is 114 Å². The largest absolute Gasteiger partial charge is 0.462 e. The van der Waals surface area contributed by atoms with Crippen LogP contribution in [0.2, 0.25) is 0 Å². The van der Waals surface area contributed by atoms with Crippen molar-refractivity contribution < 1.29 is 13.9 Å². The minimum absolute atomic E-state index is 0.0809. The fourth-order valence-corrected chi connectivity index (χ4v) is 2.33. The molecule has 0 unspecified atom stereocenters. The number of fused-ring (bicyclic) bond motifs is 3. The van der Waals surface area contributed by atoms with Crippen molar-refractivity contribution in [2.24, 2.45) is 0 Å². The van der Waals surface area contributed by atoms with E-state index in [1.165, 1.54) is 6.07 Å². The molecule has 0 N–H and O–H groups in total. The van der Waals surface area contributed by atoms with E-state index in [1.54, 1.807) is 6.92 Å². The van der Waals surface area contributed by atoms with Gasteiger partial charge >= 0.3 is 11.6 Å². The smallest absolute Gasteiger partial charge is 0.351 e. The predicted molar refractivity (Wildman–Crippen MR) is 74.1 cm³/mol. The van der Waals surface area contributed by atoms with Crippen molar-refractivity contribution in [1.82, 2.24) is 4.40 Å². The van der Waals surface area contributed by atoms with Gasteiger partial charge in [-0.2, -0.15) is 0 Å². The van der Waals surface area contributed by atoms with Gasteiger partial charge in [0.05, 0.1) is 17.6 Å². The summed E-state index contributed by atoms with van der Waals surface area (Å²) in [6, 6.07) is 7.24. The highest BCUT2D eigenvalue weighted by Crippen LogP contribution is 2.25. The van der Waals surface area contributed by atoms with Gasteiger partial charge in [0.25, 0.3) is 0 Å². The van der Waals surface area contributed by atoms with E-state index >= 15 is 0 Å². The average Bonchev–Trinajstić information content (AvgIpc) is 2.72. The first kappa shape index (κ1) is 12.5. The van der Waals surface area contributed by atoms with Gasteiger partial charge in [-0.05, 0) is 32.0 Å². The van der Waals surface area contributed by atoms with Crippen molar-refractivity contribution >= 4 is 22.6 Å². The Balaban J connectivity index is 2.37. The summed E-state index contributed by atoms with van der Waals surface area (Å²) in [5, 5.41) is 0. The van der Waals surface area contributed by atoms with Crippen LogP contribution >= 0.6 is 0 Å². The lowest BCUT2D eigenvalue weighted by Crippen LogP contribution is -2.16. The highest BCUT2D eigenvalue weighted by Gasteiger charge is 2.18. The summed E-state index contributed by atoms with van der Waals surface area (Å²) < 4.78 is 12.1. The van der Waals surface area contributed by atoms with E-state index in [2.05, 4.69) is 0 Å². The van der Waals surface area contributed by atoms with Crippen LogP contribution in [0.5, 0.6) is 0 Å². The van der Waals surface area contributed by atoms with Crippen molar-refractivity contribution in [3.05, 3.63) is 52.0 Å². The fraction of sp³-hybridized carbons (Fsp3) is 0.200. The summed E-state index contributed by atoms with van der Waals surface area (Å²) in [7, 11) is 0. The van der Waals surface area contributed by atoms with Crippen LogP contribution in [0.25, 0.3) is 16.6 Å². The van der Waals surface area contributed by atoms with Crippen LogP contribution in [0.1, 0.15) is 22.8 Å². The second-order valence-electron chi connectivity index (χ2n) is 4.46. The third-order valence-electron chi connectivity index (χ3n) is 3.27. The summed E-state index contributed by atoms with van der Waals surface area (Å²) in [6.07, 6.45) is 1.86. The quantitative estimate of drug-likeness (QED) is 0.672. The van der Waals surface area contributed by atoms with E-state index in [0.717, 1.165) is 11.1 Å². The number of esters is 1. The number of pyridine rings is 1. The summed E-state index contributed by atoms with van der Waals surface area (Å²) >= 11 is 0. The van der Waals surface area contributed by atoms with Crippen LogP contribution in [0.4, 0.5) is 0 Å². The minimum atomic E-state index is -0.671. The number of ether oxygens (including phenoxy) is 1. The second-order valence-corrected chi connectivity index (χ2v) is 4.46. The molecule has 0 atom stereocenters. The molecule has 3 aromatic heterocycles. The normalized spacial score (nSPS) is 11.1. The molecule has 0 bridgehead atoms. The number of nitrogens with zero attached hydrogens (tertiary/aromatic N) is 1. The maximum absolute atomic E-state index is 11.9. The number of hydrogen-bond acceptors (Lipinski definition) is 4. The number of rotatable bonds is 2. The molecular weight excluding hydrogens is 258 g/mol. The van der Waals surface area contributed by atoms with Crippen molar-refractivity contribution in [1.29, 1.82) is 0 Å². The predicted octanol–water partition coefficient (Wildman–Crippen LogP) is 2.53. The topological polar surface area (TPSA) is 60.9 Å². The Morgan fingerprint density at radius 1 is 1.35 bits per heavy atom. The Hall–Kier alpha value is -2.56. The van der Waals surface area contributed by atoms with Crippen molar-refractivity contribution in [2.45, 2.75) is 13.8 Å². The molecule has 3 aromatic rings. The molecule has 3 rings (SSSR count). The first-order valence-electron chi connectivity index (χ1n) is 6.34. The molecule has 0 aromatic carbocycles. The molecule has 0 aliphatic heterocycles. The zero-order valence-electron chi connectivity index (χ0n) is 11.2. The number of aryl methyl sites for hydroxylation is 1. The number of carbonyl (C=O) groups is 1. The number of carbonyl (C=O) groups excluding carboxylic acids is 1. The molecule has 0 fully saturated rings. The molecule has 5 heteroatoms. The molecule has 0 amide bonds. The van der Waals surface area contributed by atoms with Gasteiger partial charge < -0.3 is 13.6 Å². The zero-order chi connectivity index (χ0) is 14.3. The molecule has 0 radical (unpaired) electrons. The number of aromatic nitrogens is 1. The molecule has 102 valence electrons. The maximum Gasteiger partial charge on any atom is 0.351 e. The maximum atomic E-state index is 11.9. The van der Waals surface area contributed by atoms with Crippen LogP contribution in [-0.2, 0) is 4.74 Å². The lowest BCUT2D eigenvalue weighted by Gasteiger charge is -2.01. The molecule has 20 heavy (non-hydrogen) atoms. The van der Waals surface area contributed by atoms with Gasteiger partial charge in [-0.15, -0.1) is 0 Å². The first-order valence-corrected chi connectivity index (χ1v) is 6.34. The van der Waals surface area contributed by atoms with Gasteiger partial charge in [0.2, 0.25) is 0 Å². The zero-order valence-corrected chi connectivity index (χ0v) is 11.2. The Morgan fingerprint density at radius 2 is 2.15 bits per heavy atom. The van der Waals surface area contributed by atoms with Crippen LogP contribution in [0.3, 0.4) is 0 Å². The van der Waals surface area contributed by atoms with Gasteiger partial charge in [-0.25, -0.2) is 9.59 Å². The standard InChI is InChI=1S/C15H13NO4/c1-3-19-14(17)10-8-12-13(20-15(10)18)9(2)11-6-4-5-7-16(11)12/h4-8H,3H2,1-2H3. The van der Waals surface area contributed by atoms with Crippen molar-refractivity contribution in [3.8, 4) is 0 Å². The van der Waals surface area contributed by atoms with Crippen molar-refractivity contribution in [3.63, 3.8) is 0 Å². The fourth-order valence-electron chi connectivity index (χ4n) is 2.33. The molecule has 3 heterocycles. The van der Waals surface area contributed by atoms with Crippen LogP contribution in [-0.4, -0.2) is 17.0 Å². The Morgan fingerprint density at radius 3 is 2.90 bits per heavy atom. The van der Waals surface area contributed by atoms with Gasteiger partial charge in [-0.1, -0.05) is 6.07 Å². The lowest BCUT2D eigenvalue weighted by molar-refractivity contribution is 0.0521. The molecular formula is C15H13NO4. The van der Waals surface area contributed by atoms with E-state index in [1.807, 2.05) is 35.7 Å². The van der Waals surface area contributed by atoms with Crippen molar-refractivity contribution in [2.75, 3.05) is 6.61 Å². The minimum Gasteiger partial charge on any atom is -0.462 e. The molecule has 5 nitrogen and oxygen atoms in total. The monoisotopic (exact) mass is 271 g/mol. The molecule has 0 saturated heterocycles. The summed E-state index contributed by atoms with van der Waals surface area (Å²) in [6.45, 7) is 3.78. The molecule has 0 aliphatic carbocycles. The summed E-state index contributed by atoms with van der Waals surface area (Å²) in [4.78, 5) is 23.7. The molecule has 0 saturated carbocycles. The van der Waals surface area contributed by atoms with E-state index in [9.17, 15) is 9.59 Å². The molecule has 0 spiro atoms. The highest BCUT2D eigenvalue weighted by molar-refractivity contribution is 5.95. The van der Waals surface area contributed by atoms with Gasteiger partial charge in [-0.3, -0.25) is 0 Å². The van der Waals surface area contributed by atoms with Crippen LogP contribution in [0.15, 0.2) is 39.7 Å². The van der Waals surface area contributed by atoms with Crippen LogP contribution < -0.4 is 5.63 Å². The Kier molecular flexibility index (Phi) is 2.82. The average molecular weight is 271 g/mol. The summed E-state index contributed by atoms with van der Waals surface area (Å²) in [5.41, 5.74) is 2.23. The number of hydrogen-bond donors (Lipinski definition) is 0. The third kappa shape index (κ3) is 1.71. The Bertz CT molecular complexity index is 873. The van der Waals surface area contributed by atoms with E-state index in [-0.39, 0.29) is 12.2 Å². The lowest BCUT2D eigenvalue weighted by atomic mass is 10.2. The van der Waals surface area contributed by atoms with Gasteiger partial charge in [0, 0.05) is 11.8 Å². The van der Waals surface area contributed by atoms with E-state index in [0.29, 0.717) is 11.1 Å². The van der Waals surface area contributed by atoms with E-state index in [4.69, 9.17) is 9.15 Å². The molecule has 0 aliphatic rings. The third-order valence-corrected chi connectivity index (χ3v) is 3.27. The van der Waals surface area contributed by atoms with Gasteiger partial charge in [0.15, 0.2) is 5.58 Å².